The largest absolute Gasteiger partial charge is 0.496 e. The molecule has 2 N–H and O–H groups in total. The number of amides is 1. The number of aromatic nitrogens is 2. The standard InChI is InChI=1S/C14H17N3O2/c1-10-4-3-5-12(19-2)13(10)14(18)16-7-6-11-8-15-9-17-11/h3-5,8-9H,6-7H2,1-2H3,(H,15,17)(H,16,18). The first-order valence-electron chi connectivity index (χ1n) is 6.11. The molecule has 1 aromatic carbocycles. The van der Waals surface area contributed by atoms with Crippen LogP contribution in [0.25, 0.3) is 0 Å². The van der Waals surface area contributed by atoms with Crippen LogP contribution >= 0.6 is 0 Å². The lowest BCUT2D eigenvalue weighted by molar-refractivity contribution is 0.0950. The molecule has 1 heterocycles. The minimum atomic E-state index is -0.116. The average molecular weight is 259 g/mol. The second kappa shape index (κ2) is 6.04. The van der Waals surface area contributed by atoms with E-state index in [4.69, 9.17) is 4.74 Å². The van der Waals surface area contributed by atoms with Crippen molar-refractivity contribution in [3.8, 4) is 5.75 Å². The van der Waals surface area contributed by atoms with Gasteiger partial charge in [-0.2, -0.15) is 0 Å². The van der Waals surface area contributed by atoms with Crippen molar-refractivity contribution in [2.75, 3.05) is 13.7 Å². The molecule has 0 spiro atoms. The summed E-state index contributed by atoms with van der Waals surface area (Å²) in [6.07, 6.45) is 4.10. The molecule has 0 aliphatic heterocycles. The lowest BCUT2D eigenvalue weighted by Crippen LogP contribution is -2.27. The fourth-order valence-electron chi connectivity index (χ4n) is 1.92. The third kappa shape index (κ3) is 3.13. The van der Waals surface area contributed by atoms with Crippen LogP contribution in [0.15, 0.2) is 30.7 Å². The number of nitrogens with zero attached hydrogens (tertiary/aromatic N) is 1. The van der Waals surface area contributed by atoms with E-state index in [-0.39, 0.29) is 5.91 Å². The summed E-state index contributed by atoms with van der Waals surface area (Å²) in [4.78, 5) is 19.1. The quantitative estimate of drug-likeness (QED) is 0.858. The van der Waals surface area contributed by atoms with Gasteiger partial charge in [0.2, 0.25) is 0 Å². The Morgan fingerprint density at radius 3 is 3.00 bits per heavy atom. The number of carbonyl (C=O) groups is 1. The number of aromatic amines is 1. The predicted molar refractivity (Wildman–Crippen MR) is 72.4 cm³/mol. The van der Waals surface area contributed by atoms with E-state index in [9.17, 15) is 4.79 Å². The molecule has 1 amide bonds. The Hall–Kier alpha value is -2.30. The van der Waals surface area contributed by atoms with E-state index in [1.165, 1.54) is 0 Å². The number of imidazole rings is 1. The van der Waals surface area contributed by atoms with Crippen LogP contribution in [-0.2, 0) is 6.42 Å². The van der Waals surface area contributed by atoms with Gasteiger partial charge in [0.25, 0.3) is 5.91 Å². The first-order chi connectivity index (χ1) is 9.22. The number of nitrogens with one attached hydrogen (secondary N) is 2. The number of hydrogen-bond donors (Lipinski definition) is 2. The maximum atomic E-state index is 12.2. The van der Waals surface area contributed by atoms with E-state index < -0.39 is 0 Å². The Morgan fingerprint density at radius 1 is 1.47 bits per heavy atom. The Morgan fingerprint density at radius 2 is 2.32 bits per heavy atom. The average Bonchev–Trinajstić information content (AvgIpc) is 2.91. The molecule has 2 aromatic rings. The number of hydrogen-bond acceptors (Lipinski definition) is 3. The van der Waals surface area contributed by atoms with Crippen LogP contribution in [0.3, 0.4) is 0 Å². The molecule has 0 fully saturated rings. The molecule has 1 aromatic heterocycles. The summed E-state index contributed by atoms with van der Waals surface area (Å²) in [6, 6.07) is 5.55. The number of benzene rings is 1. The van der Waals surface area contributed by atoms with Crippen LogP contribution in [0.2, 0.25) is 0 Å². The number of aryl methyl sites for hydroxylation is 1. The van der Waals surface area contributed by atoms with Crippen molar-refractivity contribution in [3.63, 3.8) is 0 Å². The molecule has 0 aliphatic carbocycles. The van der Waals surface area contributed by atoms with Crippen molar-refractivity contribution in [2.24, 2.45) is 0 Å². The van der Waals surface area contributed by atoms with Crippen LogP contribution in [0.1, 0.15) is 21.6 Å². The molecule has 0 bridgehead atoms. The number of carbonyl (C=O) groups excluding carboxylic acids is 1. The summed E-state index contributed by atoms with van der Waals surface area (Å²) in [5, 5.41) is 2.89. The Bertz CT molecular complexity index is 550. The first-order valence-corrected chi connectivity index (χ1v) is 6.11. The summed E-state index contributed by atoms with van der Waals surface area (Å²) >= 11 is 0. The fraction of sp³-hybridized carbons (Fsp3) is 0.286. The van der Waals surface area contributed by atoms with E-state index in [0.717, 1.165) is 17.7 Å². The number of methoxy groups -OCH3 is 1. The van der Waals surface area contributed by atoms with Crippen LogP contribution in [0, 0.1) is 6.92 Å². The van der Waals surface area contributed by atoms with Crippen LogP contribution in [0.4, 0.5) is 0 Å². The summed E-state index contributed by atoms with van der Waals surface area (Å²) < 4.78 is 5.22. The van der Waals surface area contributed by atoms with Gasteiger partial charge in [0, 0.05) is 24.9 Å². The fourth-order valence-corrected chi connectivity index (χ4v) is 1.92. The minimum absolute atomic E-state index is 0.116. The molecule has 0 saturated heterocycles. The molecule has 0 atom stereocenters. The molecular formula is C14H17N3O2. The van der Waals surface area contributed by atoms with E-state index in [1.54, 1.807) is 25.7 Å². The lowest BCUT2D eigenvalue weighted by Gasteiger charge is -2.11. The lowest BCUT2D eigenvalue weighted by atomic mass is 10.1. The van der Waals surface area contributed by atoms with Gasteiger partial charge in [0.05, 0.1) is 19.0 Å². The summed E-state index contributed by atoms with van der Waals surface area (Å²) in [5.41, 5.74) is 2.49. The molecule has 5 nitrogen and oxygen atoms in total. The molecule has 0 radical (unpaired) electrons. The van der Waals surface area contributed by atoms with Gasteiger partial charge in [-0.1, -0.05) is 12.1 Å². The van der Waals surface area contributed by atoms with E-state index in [1.807, 2.05) is 19.1 Å². The van der Waals surface area contributed by atoms with Crippen LogP contribution in [-0.4, -0.2) is 29.5 Å². The SMILES string of the molecule is COc1cccc(C)c1C(=O)NCCc1cnc[nH]1. The minimum Gasteiger partial charge on any atom is -0.496 e. The van der Waals surface area contributed by atoms with Crippen LogP contribution in [0.5, 0.6) is 5.75 Å². The van der Waals surface area contributed by atoms with Gasteiger partial charge < -0.3 is 15.0 Å². The highest BCUT2D eigenvalue weighted by Crippen LogP contribution is 2.21. The van der Waals surface area contributed by atoms with Gasteiger partial charge in [0.1, 0.15) is 5.75 Å². The topological polar surface area (TPSA) is 67.0 Å². The molecule has 0 saturated carbocycles. The molecular weight excluding hydrogens is 242 g/mol. The van der Waals surface area contributed by atoms with Crippen molar-refractivity contribution in [1.29, 1.82) is 0 Å². The van der Waals surface area contributed by atoms with Crippen molar-refractivity contribution in [2.45, 2.75) is 13.3 Å². The summed E-state index contributed by atoms with van der Waals surface area (Å²) in [5.74, 6) is 0.480. The molecule has 5 heteroatoms. The Balaban J connectivity index is 2.00. The summed E-state index contributed by atoms with van der Waals surface area (Å²) in [6.45, 7) is 2.45. The van der Waals surface area contributed by atoms with Gasteiger partial charge in [-0.05, 0) is 18.6 Å². The van der Waals surface area contributed by atoms with Gasteiger partial charge in [0.15, 0.2) is 0 Å². The number of ether oxygens (including phenoxy) is 1. The zero-order chi connectivity index (χ0) is 13.7. The first kappa shape index (κ1) is 13.1. The van der Waals surface area contributed by atoms with E-state index in [0.29, 0.717) is 17.9 Å². The van der Waals surface area contributed by atoms with Gasteiger partial charge >= 0.3 is 0 Å². The van der Waals surface area contributed by atoms with E-state index >= 15 is 0 Å². The molecule has 100 valence electrons. The normalized spacial score (nSPS) is 10.2. The van der Waals surface area contributed by atoms with Crippen molar-refractivity contribution < 1.29 is 9.53 Å². The summed E-state index contributed by atoms with van der Waals surface area (Å²) in [7, 11) is 1.57. The highest BCUT2D eigenvalue weighted by molar-refractivity contribution is 5.98. The number of H-pyrrole nitrogens is 1. The predicted octanol–water partition coefficient (Wildman–Crippen LogP) is 1.70. The number of rotatable bonds is 5. The van der Waals surface area contributed by atoms with Crippen molar-refractivity contribution >= 4 is 5.91 Å². The molecule has 0 aliphatic rings. The molecule has 19 heavy (non-hydrogen) atoms. The van der Waals surface area contributed by atoms with Gasteiger partial charge in [-0.3, -0.25) is 4.79 Å². The zero-order valence-corrected chi connectivity index (χ0v) is 11.1. The highest BCUT2D eigenvalue weighted by atomic mass is 16.5. The van der Waals surface area contributed by atoms with Gasteiger partial charge in [-0.15, -0.1) is 0 Å². The van der Waals surface area contributed by atoms with Crippen molar-refractivity contribution in [3.05, 3.63) is 47.5 Å². The van der Waals surface area contributed by atoms with Gasteiger partial charge in [-0.25, -0.2) is 4.98 Å². The third-order valence-electron chi connectivity index (χ3n) is 2.92. The Labute approximate surface area is 112 Å². The second-order valence-electron chi connectivity index (χ2n) is 4.23. The third-order valence-corrected chi connectivity index (χ3v) is 2.92. The smallest absolute Gasteiger partial charge is 0.255 e. The maximum Gasteiger partial charge on any atom is 0.255 e. The van der Waals surface area contributed by atoms with E-state index in [2.05, 4.69) is 15.3 Å². The maximum absolute atomic E-state index is 12.2. The molecule has 2 rings (SSSR count). The second-order valence-corrected chi connectivity index (χ2v) is 4.23. The van der Waals surface area contributed by atoms with Crippen molar-refractivity contribution in [1.82, 2.24) is 15.3 Å². The zero-order valence-electron chi connectivity index (χ0n) is 11.1. The Kier molecular flexibility index (Phi) is 4.18. The van der Waals surface area contributed by atoms with Crippen LogP contribution < -0.4 is 10.1 Å². The monoisotopic (exact) mass is 259 g/mol. The molecule has 0 unspecified atom stereocenters. The highest BCUT2D eigenvalue weighted by Gasteiger charge is 2.14.